The smallest absolute Gasteiger partial charge is 0.343 e. The standard InChI is InChI=1S/C31H27N3O5/c1-21-8-10-23(11-9-21)30(36)39-26-18-12-22(13-19-26)29(35)20-38-31(37)27-6-4-5-7-28(27)33-32-24-14-16-25(17-15-24)34(2)3/h4-19H,20H2,1-3H3. The van der Waals surface area contributed by atoms with Crippen molar-refractivity contribution in [2.45, 2.75) is 6.92 Å². The predicted octanol–water partition coefficient (Wildman–Crippen LogP) is 6.74. The molecule has 0 fully saturated rings. The molecular formula is C31H27N3O5. The maximum absolute atomic E-state index is 12.7. The fraction of sp³-hybridized carbons (Fsp3) is 0.129. The van der Waals surface area contributed by atoms with Gasteiger partial charge in [0.2, 0.25) is 0 Å². The van der Waals surface area contributed by atoms with Crippen LogP contribution in [0.25, 0.3) is 0 Å². The van der Waals surface area contributed by atoms with Gasteiger partial charge in [0.05, 0.1) is 16.8 Å². The van der Waals surface area contributed by atoms with Crippen LogP contribution in [0.1, 0.15) is 36.6 Å². The third-order valence-electron chi connectivity index (χ3n) is 5.77. The van der Waals surface area contributed by atoms with Crippen molar-refractivity contribution >= 4 is 34.8 Å². The van der Waals surface area contributed by atoms with Gasteiger partial charge < -0.3 is 14.4 Å². The molecule has 4 aromatic rings. The van der Waals surface area contributed by atoms with Crippen LogP contribution in [0.15, 0.2) is 107 Å². The fourth-order valence-corrected chi connectivity index (χ4v) is 3.52. The van der Waals surface area contributed by atoms with E-state index < -0.39 is 24.3 Å². The second kappa shape index (κ2) is 12.4. The molecule has 0 saturated carbocycles. The topological polar surface area (TPSA) is 97.6 Å². The van der Waals surface area contributed by atoms with Gasteiger partial charge in [0, 0.05) is 25.3 Å². The first-order valence-corrected chi connectivity index (χ1v) is 12.2. The molecule has 39 heavy (non-hydrogen) atoms. The number of azo groups is 1. The molecule has 0 saturated heterocycles. The van der Waals surface area contributed by atoms with Crippen LogP contribution in [0.4, 0.5) is 17.1 Å². The SMILES string of the molecule is Cc1ccc(C(=O)Oc2ccc(C(=O)COC(=O)c3ccccc3N=Nc3ccc(N(C)C)cc3)cc2)cc1. The number of rotatable bonds is 9. The van der Waals surface area contributed by atoms with E-state index in [1.54, 1.807) is 36.4 Å². The van der Waals surface area contributed by atoms with E-state index in [9.17, 15) is 14.4 Å². The number of benzene rings is 4. The summed E-state index contributed by atoms with van der Waals surface area (Å²) in [6.07, 6.45) is 0. The molecule has 8 heteroatoms. The van der Waals surface area contributed by atoms with Crippen LogP contribution in [-0.4, -0.2) is 38.4 Å². The second-order valence-electron chi connectivity index (χ2n) is 8.91. The lowest BCUT2D eigenvalue weighted by molar-refractivity contribution is 0.0475. The number of carbonyl (C=O) groups excluding carboxylic acids is 3. The summed E-state index contributed by atoms with van der Waals surface area (Å²) in [5.41, 5.74) is 3.95. The molecule has 196 valence electrons. The van der Waals surface area contributed by atoms with Crippen LogP contribution < -0.4 is 9.64 Å². The summed E-state index contributed by atoms with van der Waals surface area (Å²) in [5.74, 6) is -1.29. The molecule has 0 aliphatic heterocycles. The lowest BCUT2D eigenvalue weighted by atomic mass is 10.1. The largest absolute Gasteiger partial charge is 0.454 e. The third kappa shape index (κ3) is 7.23. The number of hydrogen-bond donors (Lipinski definition) is 0. The summed E-state index contributed by atoms with van der Waals surface area (Å²) in [7, 11) is 3.89. The van der Waals surface area contributed by atoms with E-state index in [1.807, 2.05) is 62.3 Å². The Morgan fingerprint density at radius 2 is 1.36 bits per heavy atom. The van der Waals surface area contributed by atoms with E-state index in [0.29, 0.717) is 28.3 Å². The van der Waals surface area contributed by atoms with Gasteiger partial charge in [-0.2, -0.15) is 5.11 Å². The number of carbonyl (C=O) groups is 3. The van der Waals surface area contributed by atoms with Gasteiger partial charge in [-0.15, -0.1) is 5.11 Å². The van der Waals surface area contributed by atoms with Crippen LogP contribution in [0.3, 0.4) is 0 Å². The highest BCUT2D eigenvalue weighted by Crippen LogP contribution is 2.24. The number of aryl methyl sites for hydroxylation is 1. The zero-order chi connectivity index (χ0) is 27.8. The van der Waals surface area contributed by atoms with E-state index in [4.69, 9.17) is 9.47 Å². The third-order valence-corrected chi connectivity index (χ3v) is 5.77. The van der Waals surface area contributed by atoms with Gasteiger partial charge in [-0.3, -0.25) is 4.79 Å². The number of nitrogens with zero attached hydrogens (tertiary/aromatic N) is 3. The van der Waals surface area contributed by atoms with Crippen LogP contribution >= 0.6 is 0 Å². The van der Waals surface area contributed by atoms with E-state index in [0.717, 1.165) is 11.3 Å². The minimum absolute atomic E-state index is 0.192. The maximum Gasteiger partial charge on any atom is 0.343 e. The molecule has 0 N–H and O–H groups in total. The Bertz CT molecular complexity index is 1490. The van der Waals surface area contributed by atoms with Crippen molar-refractivity contribution in [2.24, 2.45) is 10.2 Å². The summed E-state index contributed by atoms with van der Waals surface area (Å²) in [5, 5.41) is 8.41. The molecule has 0 amide bonds. The average molecular weight is 522 g/mol. The summed E-state index contributed by atoms with van der Waals surface area (Å²) in [6.45, 7) is 1.47. The molecule has 0 aromatic heterocycles. The highest BCUT2D eigenvalue weighted by atomic mass is 16.5. The highest BCUT2D eigenvalue weighted by Gasteiger charge is 2.16. The maximum atomic E-state index is 12.7. The summed E-state index contributed by atoms with van der Waals surface area (Å²) in [6, 6.07) is 27.2. The Morgan fingerprint density at radius 3 is 2.03 bits per heavy atom. The number of anilines is 1. The fourth-order valence-electron chi connectivity index (χ4n) is 3.52. The molecular weight excluding hydrogens is 494 g/mol. The van der Waals surface area contributed by atoms with Gasteiger partial charge in [0.15, 0.2) is 12.4 Å². The Balaban J connectivity index is 1.35. The molecule has 4 aromatic carbocycles. The molecule has 0 spiro atoms. The quantitative estimate of drug-likeness (QED) is 0.105. The van der Waals surface area contributed by atoms with Gasteiger partial charge in [-0.25, -0.2) is 9.59 Å². The van der Waals surface area contributed by atoms with E-state index in [-0.39, 0.29) is 5.56 Å². The Hall–Kier alpha value is -5.11. The molecule has 0 heterocycles. The molecule has 0 aliphatic rings. The average Bonchev–Trinajstić information content (AvgIpc) is 2.95. The summed E-state index contributed by atoms with van der Waals surface area (Å²) >= 11 is 0. The zero-order valence-electron chi connectivity index (χ0n) is 21.8. The van der Waals surface area contributed by atoms with Crippen molar-refractivity contribution in [1.29, 1.82) is 0 Å². The van der Waals surface area contributed by atoms with Crippen LogP contribution in [-0.2, 0) is 4.74 Å². The lowest BCUT2D eigenvalue weighted by Gasteiger charge is -2.11. The van der Waals surface area contributed by atoms with Crippen LogP contribution in [0, 0.1) is 6.92 Å². The Morgan fingerprint density at radius 1 is 0.718 bits per heavy atom. The first kappa shape index (κ1) is 26.9. The van der Waals surface area contributed by atoms with Crippen molar-refractivity contribution in [1.82, 2.24) is 0 Å². The van der Waals surface area contributed by atoms with Crippen molar-refractivity contribution < 1.29 is 23.9 Å². The van der Waals surface area contributed by atoms with E-state index in [2.05, 4.69) is 10.2 Å². The van der Waals surface area contributed by atoms with Gasteiger partial charge >= 0.3 is 11.9 Å². The van der Waals surface area contributed by atoms with Crippen molar-refractivity contribution in [3.05, 3.63) is 119 Å². The zero-order valence-corrected chi connectivity index (χ0v) is 21.8. The number of esters is 2. The molecule has 0 radical (unpaired) electrons. The summed E-state index contributed by atoms with van der Waals surface area (Å²) < 4.78 is 10.6. The molecule has 0 aliphatic carbocycles. The van der Waals surface area contributed by atoms with Gasteiger partial charge in [0.1, 0.15) is 11.4 Å². The molecule has 8 nitrogen and oxygen atoms in total. The molecule has 4 rings (SSSR count). The minimum atomic E-state index is -0.690. The normalized spacial score (nSPS) is 10.7. The molecule has 0 unspecified atom stereocenters. The number of hydrogen-bond acceptors (Lipinski definition) is 8. The van der Waals surface area contributed by atoms with Crippen LogP contribution in [0.2, 0.25) is 0 Å². The van der Waals surface area contributed by atoms with E-state index in [1.165, 1.54) is 24.3 Å². The second-order valence-corrected chi connectivity index (χ2v) is 8.91. The van der Waals surface area contributed by atoms with Crippen molar-refractivity contribution in [3.63, 3.8) is 0 Å². The lowest BCUT2D eigenvalue weighted by Crippen LogP contribution is -2.14. The van der Waals surface area contributed by atoms with Crippen molar-refractivity contribution in [2.75, 3.05) is 25.6 Å². The Kier molecular flexibility index (Phi) is 8.58. The number of Topliss-reactive ketones (excluding diaryl/α,β-unsaturated/α-hetero) is 1. The Labute approximate surface area is 226 Å². The monoisotopic (exact) mass is 521 g/mol. The van der Waals surface area contributed by atoms with Gasteiger partial charge in [0.25, 0.3) is 0 Å². The van der Waals surface area contributed by atoms with Gasteiger partial charge in [-0.05, 0) is 79.7 Å². The number of ketones is 1. The van der Waals surface area contributed by atoms with Gasteiger partial charge in [-0.1, -0.05) is 29.8 Å². The van der Waals surface area contributed by atoms with E-state index >= 15 is 0 Å². The summed E-state index contributed by atoms with van der Waals surface area (Å²) in [4.78, 5) is 39.6. The van der Waals surface area contributed by atoms with Crippen molar-refractivity contribution in [3.8, 4) is 5.75 Å². The first-order valence-electron chi connectivity index (χ1n) is 12.2. The molecule has 0 atom stereocenters. The number of ether oxygens (including phenoxy) is 2. The highest BCUT2D eigenvalue weighted by molar-refractivity contribution is 6.00. The molecule has 0 bridgehead atoms. The first-order chi connectivity index (χ1) is 18.8. The predicted molar refractivity (Wildman–Crippen MR) is 149 cm³/mol. The van der Waals surface area contributed by atoms with Crippen LogP contribution in [0.5, 0.6) is 5.75 Å². The minimum Gasteiger partial charge on any atom is -0.454 e.